The third-order valence-electron chi connectivity index (χ3n) is 3.92. The van der Waals surface area contributed by atoms with E-state index in [0.29, 0.717) is 15.8 Å². The first-order valence-corrected chi connectivity index (χ1v) is 7.86. The van der Waals surface area contributed by atoms with Gasteiger partial charge in [0.15, 0.2) is 0 Å². The molecule has 6 nitrogen and oxygen atoms in total. The molecule has 3 aromatic rings. The van der Waals surface area contributed by atoms with Gasteiger partial charge in [-0.1, -0.05) is 28.8 Å². The van der Waals surface area contributed by atoms with Gasteiger partial charge in [-0.25, -0.2) is 4.79 Å². The number of amides is 2. The Balaban J connectivity index is 1.51. The Morgan fingerprint density at radius 3 is 2.40 bits per heavy atom. The number of imide groups is 1. The molecule has 1 aliphatic rings. The lowest BCUT2D eigenvalue weighted by molar-refractivity contribution is -0.167. The molecule has 0 atom stereocenters. The number of aromatic nitrogens is 1. The molecule has 25 heavy (non-hydrogen) atoms. The summed E-state index contributed by atoms with van der Waals surface area (Å²) in [5, 5.41) is 1.95. The van der Waals surface area contributed by atoms with E-state index >= 15 is 0 Å². The summed E-state index contributed by atoms with van der Waals surface area (Å²) < 4.78 is 0. The van der Waals surface area contributed by atoms with Gasteiger partial charge >= 0.3 is 5.97 Å². The van der Waals surface area contributed by atoms with Crippen molar-refractivity contribution >= 4 is 40.3 Å². The number of halogens is 1. The van der Waals surface area contributed by atoms with Gasteiger partial charge in [-0.05, 0) is 36.4 Å². The smallest absolute Gasteiger partial charge is 0.339 e. The van der Waals surface area contributed by atoms with Gasteiger partial charge in [0.2, 0.25) is 0 Å². The number of aromatic amines is 1. The quantitative estimate of drug-likeness (QED) is 0.733. The lowest BCUT2D eigenvalue weighted by Crippen LogP contribution is -2.33. The van der Waals surface area contributed by atoms with Gasteiger partial charge < -0.3 is 9.82 Å². The van der Waals surface area contributed by atoms with Crippen LogP contribution >= 0.6 is 11.6 Å². The van der Waals surface area contributed by atoms with Crippen LogP contribution in [0.2, 0.25) is 5.02 Å². The Hall–Kier alpha value is -3.12. The van der Waals surface area contributed by atoms with Crippen LogP contribution in [-0.4, -0.2) is 27.8 Å². The summed E-state index contributed by atoms with van der Waals surface area (Å²) in [5.74, 6) is -2.00. The molecule has 1 aliphatic heterocycles. The van der Waals surface area contributed by atoms with Gasteiger partial charge in [0, 0.05) is 21.6 Å². The minimum Gasteiger partial charge on any atom is -0.358 e. The first kappa shape index (κ1) is 15.4. The molecular weight excluding hydrogens is 344 g/mol. The molecule has 0 bridgehead atoms. The third-order valence-corrected chi connectivity index (χ3v) is 4.16. The summed E-state index contributed by atoms with van der Waals surface area (Å²) in [6, 6.07) is 13.4. The predicted molar refractivity (Wildman–Crippen MR) is 90.0 cm³/mol. The maximum atomic E-state index is 12.2. The van der Waals surface area contributed by atoms with E-state index in [4.69, 9.17) is 16.4 Å². The second kappa shape index (κ2) is 5.75. The van der Waals surface area contributed by atoms with Crippen molar-refractivity contribution < 1.29 is 19.2 Å². The number of fused-ring (bicyclic) bond motifs is 2. The maximum absolute atomic E-state index is 12.2. The highest BCUT2D eigenvalue weighted by Crippen LogP contribution is 2.24. The number of nitrogens with zero attached hydrogens (tertiary/aromatic N) is 1. The molecule has 4 rings (SSSR count). The number of rotatable bonds is 3. The number of hydrogen-bond donors (Lipinski definition) is 1. The van der Waals surface area contributed by atoms with Crippen LogP contribution in [0.25, 0.3) is 10.9 Å². The fourth-order valence-electron chi connectivity index (χ4n) is 2.80. The SMILES string of the molecule is O=C(Cc1cc2cc(Cl)ccc2[nH]1)ON1C(=O)c2ccccc2C1=O. The van der Waals surface area contributed by atoms with Crippen molar-refractivity contribution in [2.45, 2.75) is 6.42 Å². The Kier molecular flexibility index (Phi) is 3.54. The van der Waals surface area contributed by atoms with E-state index in [9.17, 15) is 14.4 Å². The van der Waals surface area contributed by atoms with Gasteiger partial charge in [0.05, 0.1) is 17.5 Å². The van der Waals surface area contributed by atoms with Gasteiger partial charge in [-0.2, -0.15) is 0 Å². The van der Waals surface area contributed by atoms with E-state index < -0.39 is 17.8 Å². The summed E-state index contributed by atoms with van der Waals surface area (Å²) in [4.78, 5) is 44.6. The van der Waals surface area contributed by atoms with Crippen LogP contribution in [0.1, 0.15) is 26.4 Å². The van der Waals surface area contributed by atoms with Crippen molar-refractivity contribution in [2.75, 3.05) is 0 Å². The van der Waals surface area contributed by atoms with Crippen molar-refractivity contribution in [3.05, 3.63) is 70.4 Å². The number of carbonyl (C=O) groups is 3. The zero-order valence-corrected chi connectivity index (χ0v) is 13.5. The first-order chi connectivity index (χ1) is 12.0. The lowest BCUT2D eigenvalue weighted by atomic mass is 10.1. The van der Waals surface area contributed by atoms with Crippen LogP contribution in [0, 0.1) is 0 Å². The van der Waals surface area contributed by atoms with Crippen LogP contribution in [-0.2, 0) is 16.1 Å². The Morgan fingerprint density at radius 2 is 1.72 bits per heavy atom. The van der Waals surface area contributed by atoms with E-state index in [2.05, 4.69) is 4.98 Å². The van der Waals surface area contributed by atoms with E-state index in [1.807, 2.05) is 0 Å². The number of hydrogen-bond acceptors (Lipinski definition) is 4. The van der Waals surface area contributed by atoms with Gasteiger partial charge in [0.1, 0.15) is 0 Å². The number of carbonyl (C=O) groups excluding carboxylic acids is 3. The second-order valence-electron chi connectivity index (χ2n) is 5.62. The molecule has 2 aromatic carbocycles. The van der Waals surface area contributed by atoms with E-state index in [-0.39, 0.29) is 17.5 Å². The zero-order valence-electron chi connectivity index (χ0n) is 12.8. The largest absolute Gasteiger partial charge is 0.358 e. The molecule has 7 heteroatoms. The molecule has 0 aliphatic carbocycles. The highest BCUT2D eigenvalue weighted by atomic mass is 35.5. The second-order valence-corrected chi connectivity index (χ2v) is 6.05. The molecule has 0 fully saturated rings. The summed E-state index contributed by atoms with van der Waals surface area (Å²) in [7, 11) is 0. The Labute approximate surface area is 146 Å². The number of benzene rings is 2. The molecule has 1 aromatic heterocycles. The van der Waals surface area contributed by atoms with E-state index in [0.717, 1.165) is 10.9 Å². The molecule has 0 saturated carbocycles. The van der Waals surface area contributed by atoms with Crippen molar-refractivity contribution in [3.8, 4) is 0 Å². The van der Waals surface area contributed by atoms with Gasteiger partial charge in [-0.15, -0.1) is 0 Å². The van der Waals surface area contributed by atoms with E-state index in [1.165, 1.54) is 12.1 Å². The highest BCUT2D eigenvalue weighted by Gasteiger charge is 2.38. The number of nitrogens with one attached hydrogen (secondary N) is 1. The Morgan fingerprint density at radius 1 is 1.04 bits per heavy atom. The normalized spacial score (nSPS) is 13.4. The zero-order chi connectivity index (χ0) is 17.6. The lowest BCUT2D eigenvalue weighted by Gasteiger charge is -2.12. The van der Waals surface area contributed by atoms with Gasteiger partial charge in [-0.3, -0.25) is 9.59 Å². The summed E-state index contributed by atoms with van der Waals surface area (Å²) >= 11 is 5.94. The minimum absolute atomic E-state index is 0.111. The standard InChI is InChI=1S/C18H11ClN2O4/c19-11-5-6-15-10(7-11)8-12(20-15)9-16(22)25-21-17(23)13-3-1-2-4-14(13)18(21)24/h1-8,20H,9H2. The molecule has 1 N–H and O–H groups in total. The van der Waals surface area contributed by atoms with Crippen molar-refractivity contribution in [3.63, 3.8) is 0 Å². The van der Waals surface area contributed by atoms with Crippen LogP contribution in [0.3, 0.4) is 0 Å². The summed E-state index contributed by atoms with van der Waals surface area (Å²) in [6.45, 7) is 0. The first-order valence-electron chi connectivity index (χ1n) is 7.49. The average molecular weight is 355 g/mol. The average Bonchev–Trinajstić information content (AvgIpc) is 3.09. The van der Waals surface area contributed by atoms with Crippen molar-refractivity contribution in [2.24, 2.45) is 0 Å². The molecule has 2 amide bonds. The highest BCUT2D eigenvalue weighted by molar-refractivity contribution is 6.31. The van der Waals surface area contributed by atoms with E-state index in [1.54, 1.807) is 36.4 Å². The van der Waals surface area contributed by atoms with Crippen LogP contribution in [0.15, 0.2) is 48.5 Å². The minimum atomic E-state index is -0.716. The summed E-state index contributed by atoms with van der Waals surface area (Å²) in [6.07, 6.45) is -0.111. The molecule has 0 radical (unpaired) electrons. The number of hydroxylamine groups is 2. The fraction of sp³-hybridized carbons (Fsp3) is 0.0556. The van der Waals surface area contributed by atoms with Crippen molar-refractivity contribution in [1.29, 1.82) is 0 Å². The molecular formula is C18H11ClN2O4. The third kappa shape index (κ3) is 2.66. The van der Waals surface area contributed by atoms with Crippen LogP contribution in [0.5, 0.6) is 0 Å². The molecule has 124 valence electrons. The fourth-order valence-corrected chi connectivity index (χ4v) is 2.98. The molecule has 0 saturated heterocycles. The molecule has 0 unspecified atom stereocenters. The Bertz CT molecular complexity index is 1010. The van der Waals surface area contributed by atoms with Gasteiger partial charge in [0.25, 0.3) is 11.8 Å². The monoisotopic (exact) mass is 354 g/mol. The maximum Gasteiger partial charge on any atom is 0.339 e. The summed E-state index contributed by atoms with van der Waals surface area (Å²) in [5.41, 5.74) is 1.87. The van der Waals surface area contributed by atoms with Crippen LogP contribution in [0.4, 0.5) is 0 Å². The van der Waals surface area contributed by atoms with Crippen molar-refractivity contribution in [1.82, 2.24) is 10.0 Å². The predicted octanol–water partition coefficient (Wildman–Crippen LogP) is 3.12. The van der Waals surface area contributed by atoms with Crippen LogP contribution < -0.4 is 0 Å². The molecule has 2 heterocycles. The number of H-pyrrole nitrogens is 1. The topological polar surface area (TPSA) is 79.5 Å². The molecule has 0 spiro atoms.